The van der Waals surface area contributed by atoms with E-state index in [1.807, 2.05) is 30.3 Å². The smallest absolute Gasteiger partial charge is 0.358 e. The summed E-state index contributed by atoms with van der Waals surface area (Å²) in [6, 6.07) is 9.36. The van der Waals surface area contributed by atoms with Gasteiger partial charge < -0.3 is 15.4 Å². The molecule has 0 atom stereocenters. The van der Waals surface area contributed by atoms with E-state index in [2.05, 4.69) is 15.3 Å². The van der Waals surface area contributed by atoms with Gasteiger partial charge in [0.2, 0.25) is 12.1 Å². The Morgan fingerprint density at radius 2 is 2.15 bits per heavy atom. The molecule has 0 radical (unpaired) electrons. The number of rotatable bonds is 3. The molecule has 1 aromatic carbocycles. The second-order valence-corrected chi connectivity index (χ2v) is 4.32. The molecule has 0 aliphatic carbocycles. The predicted octanol–water partition coefficient (Wildman–Crippen LogP) is 2.62. The van der Waals surface area contributed by atoms with Crippen LogP contribution in [0.5, 0.6) is 0 Å². The van der Waals surface area contributed by atoms with Crippen molar-refractivity contribution in [3.05, 3.63) is 53.0 Å². The highest BCUT2D eigenvalue weighted by Crippen LogP contribution is 2.26. The fraction of sp³-hybridized carbons (Fsp3) is 0.0769. The van der Waals surface area contributed by atoms with Crippen molar-refractivity contribution in [3.8, 4) is 0 Å². The van der Waals surface area contributed by atoms with Crippen LogP contribution in [0.4, 0.5) is 17.3 Å². The number of nitro groups is 1. The summed E-state index contributed by atoms with van der Waals surface area (Å²) in [4.78, 5) is 18.4. The molecule has 0 aliphatic heterocycles. The Bertz CT molecular complexity index is 796. The lowest BCUT2D eigenvalue weighted by molar-refractivity contribution is -0.388. The number of anilines is 2. The first-order valence-corrected chi connectivity index (χ1v) is 5.92. The molecule has 0 saturated heterocycles. The molecule has 7 heteroatoms. The average Bonchev–Trinajstić information content (AvgIpc) is 2.80. The van der Waals surface area contributed by atoms with E-state index in [1.165, 1.54) is 6.33 Å². The Kier molecular flexibility index (Phi) is 2.79. The molecule has 100 valence electrons. The monoisotopic (exact) mass is 269 g/mol. The number of pyridine rings is 1. The number of aromatic nitrogens is 3. The van der Waals surface area contributed by atoms with Crippen LogP contribution in [0.1, 0.15) is 0 Å². The number of hydrogen-bond donors (Lipinski definition) is 1. The van der Waals surface area contributed by atoms with Gasteiger partial charge in [0, 0.05) is 24.3 Å². The second kappa shape index (κ2) is 4.61. The highest BCUT2D eigenvalue weighted by molar-refractivity contribution is 5.83. The van der Waals surface area contributed by atoms with Crippen LogP contribution in [0.2, 0.25) is 0 Å². The summed E-state index contributed by atoms with van der Waals surface area (Å²) in [6.45, 7) is 0. The van der Waals surface area contributed by atoms with Gasteiger partial charge in [-0.1, -0.05) is 6.07 Å². The Hall–Kier alpha value is -2.96. The first kappa shape index (κ1) is 12.1. The maximum atomic E-state index is 10.9. The zero-order chi connectivity index (χ0) is 14.1. The van der Waals surface area contributed by atoms with E-state index in [-0.39, 0.29) is 5.82 Å². The Morgan fingerprint density at radius 3 is 2.95 bits per heavy atom. The fourth-order valence-electron chi connectivity index (χ4n) is 1.99. The van der Waals surface area contributed by atoms with Crippen molar-refractivity contribution in [2.45, 2.75) is 0 Å². The first-order chi connectivity index (χ1) is 9.65. The fourth-order valence-corrected chi connectivity index (χ4v) is 1.99. The summed E-state index contributed by atoms with van der Waals surface area (Å²) in [5.74, 6) is 0.150. The van der Waals surface area contributed by atoms with E-state index in [0.29, 0.717) is 5.82 Å². The van der Waals surface area contributed by atoms with Crippen LogP contribution >= 0.6 is 0 Å². The van der Waals surface area contributed by atoms with E-state index < -0.39 is 4.92 Å². The van der Waals surface area contributed by atoms with Crippen molar-refractivity contribution in [2.75, 3.05) is 5.32 Å². The summed E-state index contributed by atoms with van der Waals surface area (Å²) in [7, 11) is 1.70. The van der Waals surface area contributed by atoms with Crippen LogP contribution in [0.15, 0.2) is 42.9 Å². The lowest BCUT2D eigenvalue weighted by atomic mass is 10.2. The standard InChI is InChI=1S/C13H11N5O2/c1-17-8-15-12(18(19)20)13(17)16-10-4-5-11-9(7-10)3-2-6-14-11/h2-8,16H,1H3. The van der Waals surface area contributed by atoms with Gasteiger partial charge in [0.1, 0.15) is 0 Å². The Labute approximate surface area is 114 Å². The van der Waals surface area contributed by atoms with E-state index in [1.54, 1.807) is 17.8 Å². The van der Waals surface area contributed by atoms with Crippen LogP contribution in [0.25, 0.3) is 10.9 Å². The molecule has 0 fully saturated rings. The summed E-state index contributed by atoms with van der Waals surface area (Å²) in [5, 5.41) is 14.9. The van der Waals surface area contributed by atoms with E-state index >= 15 is 0 Å². The number of benzene rings is 1. The lowest BCUT2D eigenvalue weighted by Crippen LogP contribution is -2.00. The van der Waals surface area contributed by atoms with Crippen LogP contribution in [-0.4, -0.2) is 19.5 Å². The van der Waals surface area contributed by atoms with Gasteiger partial charge in [-0.05, 0) is 34.2 Å². The number of aryl methyl sites for hydroxylation is 1. The number of fused-ring (bicyclic) bond motifs is 1. The highest BCUT2D eigenvalue weighted by atomic mass is 16.6. The minimum atomic E-state index is -0.509. The van der Waals surface area contributed by atoms with Crippen LogP contribution in [-0.2, 0) is 7.05 Å². The van der Waals surface area contributed by atoms with Gasteiger partial charge in [0.05, 0.1) is 5.52 Å². The van der Waals surface area contributed by atoms with Crippen LogP contribution in [0, 0.1) is 10.1 Å². The zero-order valence-corrected chi connectivity index (χ0v) is 10.6. The summed E-state index contributed by atoms with van der Waals surface area (Å²) < 4.78 is 1.57. The minimum absolute atomic E-state index is 0.196. The van der Waals surface area contributed by atoms with Gasteiger partial charge >= 0.3 is 5.82 Å². The third-order valence-electron chi connectivity index (χ3n) is 2.96. The van der Waals surface area contributed by atoms with Gasteiger partial charge in [0.25, 0.3) is 0 Å². The van der Waals surface area contributed by atoms with Gasteiger partial charge in [-0.3, -0.25) is 9.55 Å². The molecule has 3 rings (SSSR count). The molecule has 0 saturated carbocycles. The lowest BCUT2D eigenvalue weighted by Gasteiger charge is -2.07. The molecule has 7 nitrogen and oxygen atoms in total. The molecule has 2 heterocycles. The van der Waals surface area contributed by atoms with Crippen molar-refractivity contribution in [1.82, 2.24) is 14.5 Å². The molecule has 0 bridgehead atoms. The molecule has 20 heavy (non-hydrogen) atoms. The van der Waals surface area contributed by atoms with Crippen molar-refractivity contribution in [3.63, 3.8) is 0 Å². The van der Waals surface area contributed by atoms with Gasteiger partial charge in [-0.15, -0.1) is 0 Å². The second-order valence-electron chi connectivity index (χ2n) is 4.32. The SMILES string of the molecule is Cn1cnc([N+](=O)[O-])c1Nc1ccc2ncccc2c1. The Morgan fingerprint density at radius 1 is 1.30 bits per heavy atom. The first-order valence-electron chi connectivity index (χ1n) is 5.92. The molecule has 2 aromatic heterocycles. The molecule has 0 spiro atoms. The number of hydrogen-bond acceptors (Lipinski definition) is 5. The maximum Gasteiger partial charge on any atom is 0.406 e. The molecule has 3 aromatic rings. The third kappa shape index (κ3) is 2.05. The molecular formula is C13H11N5O2. The van der Waals surface area contributed by atoms with E-state index in [0.717, 1.165) is 16.6 Å². The quantitative estimate of drug-likeness (QED) is 0.583. The van der Waals surface area contributed by atoms with E-state index in [4.69, 9.17) is 0 Å². The third-order valence-corrected chi connectivity index (χ3v) is 2.96. The maximum absolute atomic E-state index is 10.9. The summed E-state index contributed by atoms with van der Waals surface area (Å²) in [6.07, 6.45) is 3.13. The summed E-state index contributed by atoms with van der Waals surface area (Å²) in [5.41, 5.74) is 1.62. The zero-order valence-electron chi connectivity index (χ0n) is 10.6. The molecule has 0 aliphatic rings. The average molecular weight is 269 g/mol. The molecule has 0 unspecified atom stereocenters. The van der Waals surface area contributed by atoms with Crippen molar-refractivity contribution in [2.24, 2.45) is 7.05 Å². The van der Waals surface area contributed by atoms with Crippen molar-refractivity contribution in [1.29, 1.82) is 0 Å². The highest BCUT2D eigenvalue weighted by Gasteiger charge is 2.19. The van der Waals surface area contributed by atoms with Gasteiger partial charge in [-0.2, -0.15) is 0 Å². The molecular weight excluding hydrogens is 258 g/mol. The molecule has 0 amide bonds. The number of imidazole rings is 1. The van der Waals surface area contributed by atoms with Gasteiger partial charge in [0.15, 0.2) is 0 Å². The van der Waals surface area contributed by atoms with Crippen molar-refractivity contribution < 1.29 is 4.92 Å². The van der Waals surface area contributed by atoms with Crippen LogP contribution < -0.4 is 5.32 Å². The topological polar surface area (TPSA) is 85.9 Å². The van der Waals surface area contributed by atoms with Crippen molar-refractivity contribution >= 4 is 28.2 Å². The Balaban J connectivity index is 2.01. The van der Waals surface area contributed by atoms with Crippen LogP contribution in [0.3, 0.4) is 0 Å². The number of nitrogens with one attached hydrogen (secondary N) is 1. The normalized spacial score (nSPS) is 10.7. The predicted molar refractivity (Wildman–Crippen MR) is 74.9 cm³/mol. The number of nitrogens with zero attached hydrogens (tertiary/aromatic N) is 4. The van der Waals surface area contributed by atoms with E-state index in [9.17, 15) is 10.1 Å². The molecule has 1 N–H and O–H groups in total. The van der Waals surface area contributed by atoms with Gasteiger partial charge in [-0.25, -0.2) is 0 Å². The summed E-state index contributed by atoms with van der Waals surface area (Å²) >= 11 is 0. The minimum Gasteiger partial charge on any atom is -0.358 e. The largest absolute Gasteiger partial charge is 0.406 e.